The Morgan fingerprint density at radius 3 is 2.59 bits per heavy atom. The van der Waals surface area contributed by atoms with Gasteiger partial charge in [-0.1, -0.05) is 5.16 Å². The lowest BCUT2D eigenvalue weighted by Gasteiger charge is -2.44. The Morgan fingerprint density at radius 2 is 2.00 bits per heavy atom. The van der Waals surface area contributed by atoms with Gasteiger partial charge < -0.3 is 9.42 Å². The number of rotatable bonds is 2. The molecule has 2 aliphatic rings. The van der Waals surface area contributed by atoms with Crippen molar-refractivity contribution in [1.29, 1.82) is 0 Å². The molecule has 1 spiro atoms. The van der Waals surface area contributed by atoms with Crippen molar-refractivity contribution in [1.82, 2.24) is 14.4 Å². The van der Waals surface area contributed by atoms with Crippen LogP contribution in [0.4, 0.5) is 0 Å². The SMILES string of the molecule is Cc1oncc1C(=O)N1CCC[C@]2(CCCN2S(C)(=O)=O)C1. The van der Waals surface area contributed by atoms with Crippen LogP contribution in [-0.4, -0.2) is 60.1 Å². The van der Waals surface area contributed by atoms with Gasteiger partial charge in [0.25, 0.3) is 5.91 Å². The van der Waals surface area contributed by atoms with Gasteiger partial charge in [0.1, 0.15) is 11.3 Å². The van der Waals surface area contributed by atoms with Crippen LogP contribution in [0.1, 0.15) is 41.8 Å². The van der Waals surface area contributed by atoms with Crippen molar-refractivity contribution in [2.45, 2.75) is 38.1 Å². The van der Waals surface area contributed by atoms with Crippen LogP contribution in [-0.2, 0) is 10.0 Å². The molecule has 2 aliphatic heterocycles. The Kier molecular flexibility index (Phi) is 3.76. The Labute approximate surface area is 130 Å². The van der Waals surface area contributed by atoms with Gasteiger partial charge in [-0.3, -0.25) is 4.79 Å². The van der Waals surface area contributed by atoms with E-state index in [0.29, 0.717) is 31.0 Å². The number of sulfonamides is 1. The molecule has 1 aromatic rings. The van der Waals surface area contributed by atoms with E-state index in [1.54, 1.807) is 16.1 Å². The van der Waals surface area contributed by atoms with Crippen LogP contribution < -0.4 is 0 Å². The molecule has 0 radical (unpaired) electrons. The molecule has 1 aromatic heterocycles. The quantitative estimate of drug-likeness (QED) is 0.809. The molecule has 0 unspecified atom stereocenters. The normalized spacial score (nSPS) is 26.7. The Bertz CT molecular complexity index is 684. The van der Waals surface area contributed by atoms with E-state index in [1.807, 2.05) is 0 Å². The van der Waals surface area contributed by atoms with Crippen molar-refractivity contribution >= 4 is 15.9 Å². The van der Waals surface area contributed by atoms with E-state index in [2.05, 4.69) is 5.16 Å². The van der Waals surface area contributed by atoms with Crippen molar-refractivity contribution in [3.63, 3.8) is 0 Å². The van der Waals surface area contributed by atoms with E-state index >= 15 is 0 Å². The average Bonchev–Trinajstić information content (AvgIpc) is 3.04. The number of amides is 1. The number of hydrogen-bond acceptors (Lipinski definition) is 5. The van der Waals surface area contributed by atoms with Crippen LogP contribution in [0.3, 0.4) is 0 Å². The topological polar surface area (TPSA) is 83.7 Å². The maximum Gasteiger partial charge on any atom is 0.259 e. The maximum atomic E-state index is 12.6. The van der Waals surface area contributed by atoms with Gasteiger partial charge in [-0.25, -0.2) is 8.42 Å². The van der Waals surface area contributed by atoms with Gasteiger partial charge in [-0.15, -0.1) is 0 Å². The first-order valence-corrected chi connectivity index (χ1v) is 9.37. The number of nitrogens with zero attached hydrogens (tertiary/aromatic N) is 3. The Balaban J connectivity index is 1.85. The number of carbonyl (C=O) groups is 1. The van der Waals surface area contributed by atoms with Crippen LogP contribution in [0.2, 0.25) is 0 Å². The molecule has 122 valence electrons. The average molecular weight is 327 g/mol. The van der Waals surface area contributed by atoms with Crippen LogP contribution in [0, 0.1) is 6.92 Å². The van der Waals surface area contributed by atoms with E-state index in [0.717, 1.165) is 25.7 Å². The summed E-state index contributed by atoms with van der Waals surface area (Å²) in [5.41, 5.74) is 0.0213. The predicted molar refractivity (Wildman–Crippen MR) is 79.9 cm³/mol. The fraction of sp³-hybridized carbons (Fsp3) is 0.714. The number of piperidine rings is 1. The Morgan fingerprint density at radius 1 is 1.32 bits per heavy atom. The molecule has 1 amide bonds. The van der Waals surface area contributed by atoms with Crippen molar-refractivity contribution in [3.05, 3.63) is 17.5 Å². The first kappa shape index (κ1) is 15.5. The summed E-state index contributed by atoms with van der Waals surface area (Å²) in [7, 11) is -3.26. The standard InChI is InChI=1S/C14H21N3O4S/c1-11-12(9-15-21-11)13(18)16-7-3-5-14(10-16)6-4-8-17(14)22(2,19)20/h9H,3-8,10H2,1-2H3/t14-/m0/s1. The van der Waals surface area contributed by atoms with E-state index in [4.69, 9.17) is 4.52 Å². The van der Waals surface area contributed by atoms with E-state index in [1.165, 1.54) is 12.5 Å². The molecule has 1 atom stereocenters. The summed E-state index contributed by atoms with van der Waals surface area (Å²) in [5.74, 6) is 0.370. The summed E-state index contributed by atoms with van der Waals surface area (Å²) < 4.78 is 30.7. The maximum absolute atomic E-state index is 12.6. The van der Waals surface area contributed by atoms with Crippen LogP contribution >= 0.6 is 0 Å². The highest BCUT2D eigenvalue weighted by molar-refractivity contribution is 7.88. The number of aromatic nitrogens is 1. The van der Waals surface area contributed by atoms with E-state index < -0.39 is 15.6 Å². The zero-order valence-corrected chi connectivity index (χ0v) is 13.7. The van der Waals surface area contributed by atoms with E-state index in [9.17, 15) is 13.2 Å². The third-order valence-corrected chi connectivity index (χ3v) is 6.13. The highest BCUT2D eigenvalue weighted by atomic mass is 32.2. The van der Waals surface area contributed by atoms with Gasteiger partial charge >= 0.3 is 0 Å². The minimum Gasteiger partial charge on any atom is -0.361 e. The van der Waals surface area contributed by atoms with Gasteiger partial charge in [-0.2, -0.15) is 4.31 Å². The third-order valence-electron chi connectivity index (χ3n) is 4.76. The molecule has 0 bridgehead atoms. The summed E-state index contributed by atoms with van der Waals surface area (Å²) in [6.07, 6.45) is 5.97. The second-order valence-corrected chi connectivity index (χ2v) is 8.20. The molecular weight excluding hydrogens is 306 g/mol. The van der Waals surface area contributed by atoms with E-state index in [-0.39, 0.29) is 5.91 Å². The predicted octanol–water partition coefficient (Wildman–Crippen LogP) is 1.01. The van der Waals surface area contributed by atoms with Crippen LogP contribution in [0.25, 0.3) is 0 Å². The Hall–Kier alpha value is -1.41. The van der Waals surface area contributed by atoms with Crippen LogP contribution in [0.5, 0.6) is 0 Å². The first-order valence-electron chi connectivity index (χ1n) is 7.52. The lowest BCUT2D eigenvalue weighted by atomic mass is 9.87. The molecule has 0 N–H and O–H groups in total. The zero-order valence-electron chi connectivity index (χ0n) is 12.9. The summed E-state index contributed by atoms with van der Waals surface area (Å²) in [4.78, 5) is 14.4. The fourth-order valence-corrected chi connectivity index (χ4v) is 5.20. The van der Waals surface area contributed by atoms with Crippen molar-refractivity contribution in [3.8, 4) is 0 Å². The van der Waals surface area contributed by atoms with Crippen molar-refractivity contribution in [2.75, 3.05) is 25.9 Å². The van der Waals surface area contributed by atoms with Gasteiger partial charge in [0.2, 0.25) is 10.0 Å². The van der Waals surface area contributed by atoms with Gasteiger partial charge in [0, 0.05) is 19.6 Å². The van der Waals surface area contributed by atoms with Crippen molar-refractivity contribution in [2.24, 2.45) is 0 Å². The fourth-order valence-electron chi connectivity index (χ4n) is 3.80. The van der Waals surface area contributed by atoms with Crippen LogP contribution in [0.15, 0.2) is 10.7 Å². The van der Waals surface area contributed by atoms with Gasteiger partial charge in [-0.05, 0) is 32.6 Å². The summed E-state index contributed by atoms with van der Waals surface area (Å²) in [6.45, 7) is 3.35. The number of hydrogen-bond donors (Lipinski definition) is 0. The molecule has 3 rings (SSSR count). The highest BCUT2D eigenvalue weighted by Crippen LogP contribution is 2.39. The summed E-state index contributed by atoms with van der Waals surface area (Å²) in [6, 6.07) is 0. The smallest absolute Gasteiger partial charge is 0.259 e. The molecule has 2 saturated heterocycles. The largest absolute Gasteiger partial charge is 0.361 e. The minimum absolute atomic E-state index is 0.127. The molecular formula is C14H21N3O4S. The lowest BCUT2D eigenvalue weighted by molar-refractivity contribution is 0.0523. The molecule has 3 heterocycles. The zero-order chi connectivity index (χ0) is 16.0. The monoisotopic (exact) mass is 327 g/mol. The molecule has 7 nitrogen and oxygen atoms in total. The molecule has 0 aliphatic carbocycles. The summed E-state index contributed by atoms with van der Waals surface area (Å²) >= 11 is 0. The summed E-state index contributed by atoms with van der Waals surface area (Å²) in [5, 5.41) is 3.65. The first-order chi connectivity index (χ1) is 10.3. The minimum atomic E-state index is -3.26. The molecule has 2 fully saturated rings. The molecule has 22 heavy (non-hydrogen) atoms. The highest BCUT2D eigenvalue weighted by Gasteiger charge is 2.48. The molecule has 0 aromatic carbocycles. The lowest BCUT2D eigenvalue weighted by Crippen LogP contribution is -2.58. The second kappa shape index (κ2) is 5.34. The van der Waals surface area contributed by atoms with Gasteiger partial charge in [0.15, 0.2) is 0 Å². The van der Waals surface area contributed by atoms with Gasteiger partial charge in [0.05, 0.1) is 18.0 Å². The second-order valence-electron chi connectivity index (χ2n) is 6.29. The number of carbonyl (C=O) groups excluding carboxylic acids is 1. The van der Waals surface area contributed by atoms with Crippen molar-refractivity contribution < 1.29 is 17.7 Å². The third kappa shape index (κ3) is 2.54. The number of likely N-dealkylation sites (tertiary alicyclic amines) is 1. The number of aryl methyl sites for hydroxylation is 1. The molecule has 0 saturated carbocycles. The molecule has 8 heteroatoms.